The molecule has 2 fully saturated rings. The number of rotatable bonds is 7. The maximum atomic E-state index is 12.0. The van der Waals surface area contributed by atoms with E-state index in [0.717, 1.165) is 31.5 Å². The minimum absolute atomic E-state index is 0.224. The van der Waals surface area contributed by atoms with E-state index in [1.165, 1.54) is 32.1 Å². The van der Waals surface area contributed by atoms with Crippen LogP contribution >= 0.6 is 0 Å². The Morgan fingerprint density at radius 2 is 2.11 bits per heavy atom. The van der Waals surface area contributed by atoms with Crippen LogP contribution in [0.5, 0.6) is 0 Å². The van der Waals surface area contributed by atoms with Crippen molar-refractivity contribution in [3.05, 3.63) is 0 Å². The average molecular weight is 268 g/mol. The zero-order valence-electron chi connectivity index (χ0n) is 12.4. The van der Waals surface area contributed by atoms with Crippen LogP contribution in [0, 0.1) is 11.8 Å². The molecule has 1 N–H and O–H groups in total. The molecule has 4 heteroatoms. The van der Waals surface area contributed by atoms with Crippen molar-refractivity contribution in [1.82, 2.24) is 10.2 Å². The molecule has 0 aromatic rings. The number of nitrogens with one attached hydrogen (secondary N) is 1. The summed E-state index contributed by atoms with van der Waals surface area (Å²) in [6.45, 7) is 2.43. The smallest absolute Gasteiger partial charge is 0.221 e. The summed E-state index contributed by atoms with van der Waals surface area (Å²) in [6.07, 6.45) is 7.19. The van der Waals surface area contributed by atoms with E-state index in [4.69, 9.17) is 4.74 Å². The molecule has 1 amide bonds. The normalized spacial score (nSPS) is 29.7. The minimum atomic E-state index is 0.224. The third kappa shape index (κ3) is 4.18. The molecule has 0 bridgehead atoms. The van der Waals surface area contributed by atoms with Crippen LogP contribution in [-0.2, 0) is 9.53 Å². The molecular formula is C15H28N2O2. The molecule has 0 aliphatic heterocycles. The zero-order valence-corrected chi connectivity index (χ0v) is 12.4. The van der Waals surface area contributed by atoms with E-state index in [2.05, 4.69) is 10.2 Å². The highest BCUT2D eigenvalue weighted by Crippen LogP contribution is 2.43. The molecule has 19 heavy (non-hydrogen) atoms. The lowest BCUT2D eigenvalue weighted by Crippen LogP contribution is -2.39. The Morgan fingerprint density at radius 1 is 1.26 bits per heavy atom. The van der Waals surface area contributed by atoms with Gasteiger partial charge in [-0.25, -0.2) is 0 Å². The van der Waals surface area contributed by atoms with E-state index >= 15 is 0 Å². The van der Waals surface area contributed by atoms with Crippen LogP contribution in [0.25, 0.3) is 0 Å². The van der Waals surface area contributed by atoms with Crippen LogP contribution in [0.1, 0.15) is 38.5 Å². The van der Waals surface area contributed by atoms with Crippen molar-refractivity contribution in [1.29, 1.82) is 0 Å². The molecule has 0 heterocycles. The first kappa shape index (κ1) is 14.8. The Hall–Kier alpha value is -0.610. The fourth-order valence-corrected chi connectivity index (χ4v) is 3.67. The molecule has 0 spiro atoms. The van der Waals surface area contributed by atoms with Gasteiger partial charge in [0.1, 0.15) is 0 Å². The summed E-state index contributed by atoms with van der Waals surface area (Å²) in [7, 11) is 3.74. The largest absolute Gasteiger partial charge is 0.383 e. The van der Waals surface area contributed by atoms with Crippen molar-refractivity contribution in [2.75, 3.05) is 33.9 Å². The summed E-state index contributed by atoms with van der Waals surface area (Å²) in [4.78, 5) is 14.1. The van der Waals surface area contributed by atoms with Gasteiger partial charge in [0.2, 0.25) is 5.91 Å². The molecule has 3 atom stereocenters. The van der Waals surface area contributed by atoms with Crippen LogP contribution < -0.4 is 5.32 Å². The van der Waals surface area contributed by atoms with Crippen LogP contribution in [0.4, 0.5) is 0 Å². The lowest BCUT2D eigenvalue weighted by atomic mass is 9.97. The number of methoxy groups -OCH3 is 1. The van der Waals surface area contributed by atoms with Gasteiger partial charge >= 0.3 is 0 Å². The second kappa shape index (κ2) is 7.25. The Labute approximate surface area is 116 Å². The van der Waals surface area contributed by atoms with Crippen molar-refractivity contribution >= 4 is 5.91 Å². The molecule has 0 unspecified atom stereocenters. The van der Waals surface area contributed by atoms with Crippen LogP contribution in [-0.4, -0.2) is 50.7 Å². The molecule has 2 rings (SSSR count). The van der Waals surface area contributed by atoms with Crippen LogP contribution in [0.15, 0.2) is 0 Å². The number of amides is 1. The van der Waals surface area contributed by atoms with Gasteiger partial charge in [-0.1, -0.05) is 12.8 Å². The Balaban J connectivity index is 1.64. The molecule has 110 valence electrons. The van der Waals surface area contributed by atoms with Gasteiger partial charge in [-0.3, -0.25) is 4.79 Å². The summed E-state index contributed by atoms with van der Waals surface area (Å²) >= 11 is 0. The molecule has 0 aromatic carbocycles. The zero-order chi connectivity index (χ0) is 13.7. The third-order valence-electron chi connectivity index (χ3n) is 4.83. The number of ether oxygens (including phenoxy) is 1. The molecule has 0 aromatic heterocycles. The summed E-state index contributed by atoms with van der Waals surface area (Å²) in [6, 6.07) is 0.462. The van der Waals surface area contributed by atoms with Gasteiger partial charge < -0.3 is 15.0 Å². The Bertz CT molecular complexity index is 296. The van der Waals surface area contributed by atoms with E-state index < -0.39 is 0 Å². The number of carbonyl (C=O) groups is 1. The maximum absolute atomic E-state index is 12.0. The van der Waals surface area contributed by atoms with E-state index in [-0.39, 0.29) is 5.91 Å². The number of carbonyl (C=O) groups excluding carboxylic acids is 1. The maximum Gasteiger partial charge on any atom is 0.221 e. The fourth-order valence-electron chi connectivity index (χ4n) is 3.67. The highest BCUT2D eigenvalue weighted by atomic mass is 16.5. The van der Waals surface area contributed by atoms with Crippen molar-refractivity contribution in [3.63, 3.8) is 0 Å². The van der Waals surface area contributed by atoms with Gasteiger partial charge in [-0.15, -0.1) is 0 Å². The van der Waals surface area contributed by atoms with E-state index in [0.29, 0.717) is 12.5 Å². The first-order chi connectivity index (χ1) is 9.20. The molecule has 4 nitrogen and oxygen atoms in total. The summed E-state index contributed by atoms with van der Waals surface area (Å²) < 4.78 is 5.03. The van der Waals surface area contributed by atoms with Crippen molar-refractivity contribution < 1.29 is 9.53 Å². The van der Waals surface area contributed by atoms with E-state index in [1.807, 2.05) is 7.05 Å². The molecule has 2 aliphatic carbocycles. The van der Waals surface area contributed by atoms with Gasteiger partial charge in [-0.2, -0.15) is 0 Å². The van der Waals surface area contributed by atoms with Crippen molar-refractivity contribution in [2.45, 2.75) is 44.6 Å². The lowest BCUT2D eigenvalue weighted by molar-refractivity contribution is -0.122. The van der Waals surface area contributed by atoms with Gasteiger partial charge in [0.05, 0.1) is 6.61 Å². The summed E-state index contributed by atoms with van der Waals surface area (Å²) in [5.74, 6) is 1.90. The fraction of sp³-hybridized carbons (Fsp3) is 0.933. The Morgan fingerprint density at radius 3 is 2.89 bits per heavy atom. The summed E-state index contributed by atoms with van der Waals surface area (Å²) in [5, 5.41) is 3.26. The van der Waals surface area contributed by atoms with E-state index in [1.54, 1.807) is 7.11 Å². The van der Waals surface area contributed by atoms with Crippen molar-refractivity contribution in [3.8, 4) is 0 Å². The lowest BCUT2D eigenvalue weighted by Gasteiger charge is -2.21. The third-order valence-corrected chi connectivity index (χ3v) is 4.83. The molecule has 0 radical (unpaired) electrons. The highest BCUT2D eigenvalue weighted by molar-refractivity contribution is 5.76. The van der Waals surface area contributed by atoms with Crippen LogP contribution in [0.3, 0.4) is 0 Å². The van der Waals surface area contributed by atoms with Crippen molar-refractivity contribution in [2.24, 2.45) is 11.8 Å². The number of fused-ring (bicyclic) bond motifs is 1. The number of hydrogen-bond donors (Lipinski definition) is 1. The first-order valence-electron chi connectivity index (χ1n) is 7.67. The average Bonchev–Trinajstić information content (AvgIpc) is 2.99. The van der Waals surface area contributed by atoms with Crippen LogP contribution in [0.2, 0.25) is 0 Å². The number of nitrogens with zero attached hydrogens (tertiary/aromatic N) is 1. The van der Waals surface area contributed by atoms with Gasteiger partial charge in [-0.05, 0) is 38.1 Å². The number of likely N-dealkylation sites (N-methyl/N-ethyl adjacent to an activating group) is 1. The number of hydrogen-bond acceptors (Lipinski definition) is 3. The standard InChI is InChI=1S/C15H28N2O2/c1-17(10-11-19-2)9-8-15(18)16-14-7-6-12-4-3-5-13(12)14/h12-14H,3-11H2,1-2H3,(H,16,18)/t12-,13-,14-/m0/s1. The topological polar surface area (TPSA) is 41.6 Å². The molecule has 2 saturated carbocycles. The van der Waals surface area contributed by atoms with E-state index in [9.17, 15) is 4.79 Å². The molecule has 2 aliphatic rings. The molecule has 0 saturated heterocycles. The Kier molecular flexibility index (Phi) is 5.64. The molecular weight excluding hydrogens is 240 g/mol. The van der Waals surface area contributed by atoms with Gasteiger partial charge in [0.15, 0.2) is 0 Å². The predicted molar refractivity (Wildman–Crippen MR) is 76.0 cm³/mol. The summed E-state index contributed by atoms with van der Waals surface area (Å²) in [5.41, 5.74) is 0. The monoisotopic (exact) mass is 268 g/mol. The van der Waals surface area contributed by atoms with Gasteiger partial charge in [0, 0.05) is 32.7 Å². The quantitative estimate of drug-likeness (QED) is 0.763. The minimum Gasteiger partial charge on any atom is -0.383 e. The SMILES string of the molecule is COCCN(C)CCC(=O)N[C@H]1CC[C@@H]2CCC[C@@H]21. The predicted octanol–water partition coefficient (Wildman–Crippen LogP) is 1.65. The second-order valence-electron chi connectivity index (χ2n) is 6.15. The highest BCUT2D eigenvalue weighted by Gasteiger charge is 2.39. The first-order valence-corrected chi connectivity index (χ1v) is 7.67. The van der Waals surface area contributed by atoms with Gasteiger partial charge in [0.25, 0.3) is 0 Å². The second-order valence-corrected chi connectivity index (χ2v) is 6.15.